The zero-order chi connectivity index (χ0) is 9.68. The summed E-state index contributed by atoms with van der Waals surface area (Å²) in [6, 6.07) is 0.367. The average molecular weight is 191 g/mol. The Hall–Kier alpha value is -0.180. The minimum atomic E-state index is -0.684. The van der Waals surface area contributed by atoms with Crippen LogP contribution in [0, 0.1) is 0 Å². The van der Waals surface area contributed by atoms with Crippen molar-refractivity contribution in [1.82, 2.24) is 4.90 Å². The van der Waals surface area contributed by atoms with E-state index in [9.17, 15) is 8.78 Å². The van der Waals surface area contributed by atoms with E-state index in [0.717, 1.165) is 19.4 Å². The lowest BCUT2D eigenvalue weighted by atomic mass is 10.1. The van der Waals surface area contributed by atoms with Gasteiger partial charge in [-0.05, 0) is 19.3 Å². The van der Waals surface area contributed by atoms with Crippen molar-refractivity contribution in [2.24, 2.45) is 0 Å². The maximum Gasteiger partial charge on any atom is 0.114 e. The summed E-state index contributed by atoms with van der Waals surface area (Å²) in [4.78, 5) is 2.10. The molecule has 3 heteroatoms. The molecule has 0 saturated carbocycles. The van der Waals surface area contributed by atoms with Gasteiger partial charge in [0.1, 0.15) is 6.17 Å². The van der Waals surface area contributed by atoms with Crippen molar-refractivity contribution in [1.29, 1.82) is 0 Å². The molecule has 1 nitrogen and oxygen atoms in total. The maximum absolute atomic E-state index is 13.0. The summed E-state index contributed by atoms with van der Waals surface area (Å²) in [5, 5.41) is 0. The zero-order valence-electron chi connectivity index (χ0n) is 8.31. The number of likely N-dealkylation sites (tertiary alicyclic amines) is 1. The highest BCUT2D eigenvalue weighted by molar-refractivity contribution is 4.84. The summed E-state index contributed by atoms with van der Waals surface area (Å²) in [6.45, 7) is 3.07. The summed E-state index contributed by atoms with van der Waals surface area (Å²) >= 11 is 0. The van der Waals surface area contributed by atoms with Gasteiger partial charge in [-0.25, -0.2) is 4.39 Å². The van der Waals surface area contributed by atoms with Gasteiger partial charge in [0.2, 0.25) is 0 Å². The van der Waals surface area contributed by atoms with Crippen molar-refractivity contribution in [2.45, 2.75) is 44.8 Å². The topological polar surface area (TPSA) is 3.24 Å². The molecule has 1 rings (SSSR count). The van der Waals surface area contributed by atoms with Gasteiger partial charge in [0.05, 0.1) is 6.67 Å². The van der Waals surface area contributed by atoms with Gasteiger partial charge in [-0.3, -0.25) is 9.29 Å². The van der Waals surface area contributed by atoms with E-state index in [4.69, 9.17) is 0 Å². The Morgan fingerprint density at radius 1 is 1.46 bits per heavy atom. The molecule has 0 spiro atoms. The Balaban J connectivity index is 2.31. The van der Waals surface area contributed by atoms with Crippen LogP contribution in [0.1, 0.15) is 32.6 Å². The van der Waals surface area contributed by atoms with Crippen molar-refractivity contribution >= 4 is 0 Å². The summed E-state index contributed by atoms with van der Waals surface area (Å²) in [5.41, 5.74) is 0. The van der Waals surface area contributed by atoms with E-state index in [1.807, 2.05) is 0 Å². The third-order valence-corrected chi connectivity index (χ3v) is 2.68. The highest BCUT2D eigenvalue weighted by Gasteiger charge is 2.30. The van der Waals surface area contributed by atoms with E-state index in [1.165, 1.54) is 0 Å². The molecule has 1 fully saturated rings. The lowest BCUT2D eigenvalue weighted by Gasteiger charge is -2.22. The first kappa shape index (κ1) is 10.9. The van der Waals surface area contributed by atoms with Gasteiger partial charge in [0.25, 0.3) is 0 Å². The SMILES string of the molecule is CCCC1CC(F)CN1CCCF. The summed E-state index contributed by atoms with van der Waals surface area (Å²) in [5.74, 6) is 0. The van der Waals surface area contributed by atoms with Crippen LogP contribution in [0.5, 0.6) is 0 Å². The molecule has 1 heterocycles. The van der Waals surface area contributed by atoms with Gasteiger partial charge >= 0.3 is 0 Å². The monoisotopic (exact) mass is 191 g/mol. The van der Waals surface area contributed by atoms with E-state index >= 15 is 0 Å². The van der Waals surface area contributed by atoms with Gasteiger partial charge in [0.15, 0.2) is 0 Å². The second kappa shape index (κ2) is 5.53. The number of halogens is 2. The second-order valence-electron chi connectivity index (χ2n) is 3.81. The lowest BCUT2D eigenvalue weighted by molar-refractivity contribution is 0.223. The number of hydrogen-bond acceptors (Lipinski definition) is 1. The minimum absolute atomic E-state index is 0.285. The Morgan fingerprint density at radius 2 is 2.23 bits per heavy atom. The van der Waals surface area contributed by atoms with Crippen molar-refractivity contribution in [3.63, 3.8) is 0 Å². The molecular formula is C10H19F2N. The molecule has 1 saturated heterocycles. The second-order valence-corrected chi connectivity index (χ2v) is 3.81. The largest absolute Gasteiger partial charge is 0.297 e. The van der Waals surface area contributed by atoms with Crippen LogP contribution in [0.15, 0.2) is 0 Å². The van der Waals surface area contributed by atoms with Crippen LogP contribution < -0.4 is 0 Å². The van der Waals surface area contributed by atoms with Crippen LogP contribution in [0.2, 0.25) is 0 Å². The molecule has 78 valence electrons. The molecule has 1 aliphatic heterocycles. The molecule has 0 aromatic rings. The van der Waals surface area contributed by atoms with E-state index < -0.39 is 6.17 Å². The predicted octanol–water partition coefficient (Wildman–Crippen LogP) is 2.56. The first-order valence-electron chi connectivity index (χ1n) is 5.22. The van der Waals surface area contributed by atoms with Gasteiger partial charge in [-0.1, -0.05) is 13.3 Å². The molecule has 2 unspecified atom stereocenters. The molecule has 0 aromatic carbocycles. The van der Waals surface area contributed by atoms with Crippen LogP contribution >= 0.6 is 0 Å². The Morgan fingerprint density at radius 3 is 2.85 bits per heavy atom. The minimum Gasteiger partial charge on any atom is -0.297 e. The molecule has 0 aromatic heterocycles. The normalized spacial score (nSPS) is 29.8. The van der Waals surface area contributed by atoms with Gasteiger partial charge in [-0.2, -0.15) is 0 Å². The molecule has 0 amide bonds. The van der Waals surface area contributed by atoms with Crippen molar-refractivity contribution < 1.29 is 8.78 Å². The molecule has 2 atom stereocenters. The third kappa shape index (κ3) is 3.22. The first-order chi connectivity index (χ1) is 6.27. The first-order valence-corrected chi connectivity index (χ1v) is 5.22. The Kier molecular flexibility index (Phi) is 4.64. The Bertz CT molecular complexity index is 141. The molecule has 0 bridgehead atoms. The fourth-order valence-electron chi connectivity index (χ4n) is 2.09. The van der Waals surface area contributed by atoms with E-state index in [0.29, 0.717) is 25.4 Å². The van der Waals surface area contributed by atoms with Gasteiger partial charge in [0, 0.05) is 19.1 Å². The van der Waals surface area contributed by atoms with E-state index in [2.05, 4.69) is 11.8 Å². The quantitative estimate of drug-likeness (QED) is 0.645. The molecule has 0 aliphatic carbocycles. The van der Waals surface area contributed by atoms with Gasteiger partial charge < -0.3 is 0 Å². The van der Waals surface area contributed by atoms with Gasteiger partial charge in [-0.15, -0.1) is 0 Å². The smallest absolute Gasteiger partial charge is 0.114 e. The van der Waals surface area contributed by atoms with Crippen LogP contribution in [0.4, 0.5) is 8.78 Å². The van der Waals surface area contributed by atoms with Crippen LogP contribution in [0.3, 0.4) is 0 Å². The molecule has 13 heavy (non-hydrogen) atoms. The van der Waals surface area contributed by atoms with Crippen LogP contribution in [-0.2, 0) is 0 Å². The average Bonchev–Trinajstić information content (AvgIpc) is 2.44. The maximum atomic E-state index is 13.0. The fraction of sp³-hybridized carbons (Fsp3) is 1.00. The number of hydrogen-bond donors (Lipinski definition) is 0. The van der Waals surface area contributed by atoms with Crippen LogP contribution in [0.25, 0.3) is 0 Å². The summed E-state index contributed by atoms with van der Waals surface area (Å²) < 4.78 is 25.0. The number of rotatable bonds is 5. The van der Waals surface area contributed by atoms with Crippen molar-refractivity contribution in [2.75, 3.05) is 19.8 Å². The standard InChI is InChI=1S/C10H19F2N/c1-2-4-10-7-9(12)8-13(10)6-3-5-11/h9-10H,2-8H2,1H3. The zero-order valence-corrected chi connectivity index (χ0v) is 8.31. The molecular weight excluding hydrogens is 172 g/mol. The summed E-state index contributed by atoms with van der Waals surface area (Å²) in [7, 11) is 0. The highest BCUT2D eigenvalue weighted by atomic mass is 19.1. The number of nitrogens with zero attached hydrogens (tertiary/aromatic N) is 1. The van der Waals surface area contributed by atoms with E-state index in [1.54, 1.807) is 0 Å². The van der Waals surface area contributed by atoms with Crippen molar-refractivity contribution in [3.05, 3.63) is 0 Å². The highest BCUT2D eigenvalue weighted by Crippen LogP contribution is 2.23. The van der Waals surface area contributed by atoms with Crippen LogP contribution in [-0.4, -0.2) is 36.9 Å². The van der Waals surface area contributed by atoms with Crippen molar-refractivity contribution in [3.8, 4) is 0 Å². The molecule has 0 radical (unpaired) electrons. The third-order valence-electron chi connectivity index (χ3n) is 2.68. The number of alkyl halides is 2. The Labute approximate surface area is 79.1 Å². The lowest BCUT2D eigenvalue weighted by Crippen LogP contribution is -2.30. The van der Waals surface area contributed by atoms with E-state index in [-0.39, 0.29) is 6.67 Å². The molecule has 1 aliphatic rings. The summed E-state index contributed by atoms with van der Waals surface area (Å²) in [6.07, 6.45) is 2.65. The fourth-order valence-corrected chi connectivity index (χ4v) is 2.09. The predicted molar refractivity (Wildman–Crippen MR) is 50.4 cm³/mol. The molecule has 0 N–H and O–H groups in total.